The van der Waals surface area contributed by atoms with Crippen molar-refractivity contribution in [3.05, 3.63) is 23.2 Å². The zero-order chi connectivity index (χ0) is 15.7. The van der Waals surface area contributed by atoms with Crippen LogP contribution in [-0.4, -0.2) is 24.9 Å². The van der Waals surface area contributed by atoms with Gasteiger partial charge in [-0.2, -0.15) is 0 Å². The fourth-order valence-corrected chi connectivity index (χ4v) is 3.51. The fourth-order valence-electron chi connectivity index (χ4n) is 3.33. The molecule has 2 amide bonds. The lowest BCUT2D eigenvalue weighted by Gasteiger charge is -2.23. The number of anilines is 2. The van der Waals surface area contributed by atoms with Crippen LogP contribution < -0.4 is 16.0 Å². The number of rotatable bonds is 3. The summed E-state index contributed by atoms with van der Waals surface area (Å²) < 4.78 is 0. The lowest BCUT2D eigenvalue weighted by atomic mass is 9.92. The van der Waals surface area contributed by atoms with Crippen LogP contribution in [0.4, 0.5) is 11.4 Å². The second kappa shape index (κ2) is 7.07. The Hall–Kier alpha value is -1.30. The van der Waals surface area contributed by atoms with Gasteiger partial charge in [0.1, 0.15) is 0 Å². The summed E-state index contributed by atoms with van der Waals surface area (Å²) in [6.45, 7) is 3.40. The van der Waals surface area contributed by atoms with E-state index >= 15 is 0 Å². The van der Waals surface area contributed by atoms with Gasteiger partial charge in [0.15, 0.2) is 0 Å². The predicted molar refractivity (Wildman–Crippen MR) is 94.3 cm³/mol. The third-order valence-electron chi connectivity index (χ3n) is 4.66. The van der Waals surface area contributed by atoms with Crippen LogP contribution in [0.5, 0.6) is 0 Å². The van der Waals surface area contributed by atoms with Crippen molar-refractivity contribution in [2.45, 2.75) is 26.2 Å². The van der Waals surface area contributed by atoms with E-state index in [1.807, 2.05) is 0 Å². The molecule has 126 valence electrons. The first kappa shape index (κ1) is 18.0. The quantitative estimate of drug-likeness (QED) is 0.778. The predicted octanol–water partition coefficient (Wildman–Crippen LogP) is 3.05. The van der Waals surface area contributed by atoms with Gasteiger partial charge in [0.2, 0.25) is 11.8 Å². The Morgan fingerprint density at radius 2 is 1.91 bits per heavy atom. The lowest BCUT2D eigenvalue weighted by molar-refractivity contribution is -0.118. The van der Waals surface area contributed by atoms with Gasteiger partial charge >= 0.3 is 0 Å². The molecule has 5 nitrogen and oxygen atoms in total. The molecule has 1 saturated heterocycles. The van der Waals surface area contributed by atoms with E-state index in [1.54, 1.807) is 18.2 Å². The van der Waals surface area contributed by atoms with E-state index < -0.39 is 0 Å². The molecule has 0 bridgehead atoms. The van der Waals surface area contributed by atoms with Crippen LogP contribution in [0.25, 0.3) is 0 Å². The second-order valence-electron chi connectivity index (χ2n) is 6.23. The second-order valence-corrected chi connectivity index (χ2v) is 6.67. The van der Waals surface area contributed by atoms with Gasteiger partial charge in [-0.25, -0.2) is 0 Å². The topological polar surface area (TPSA) is 70.2 Å². The van der Waals surface area contributed by atoms with Crippen LogP contribution in [0.1, 0.15) is 26.2 Å². The molecule has 1 heterocycles. The van der Waals surface area contributed by atoms with Crippen molar-refractivity contribution in [1.82, 2.24) is 5.32 Å². The van der Waals surface area contributed by atoms with Crippen molar-refractivity contribution in [3.63, 3.8) is 0 Å². The molecular formula is C16H21Cl2N3O2. The third kappa shape index (κ3) is 3.97. The Bertz CT molecular complexity index is 615. The summed E-state index contributed by atoms with van der Waals surface area (Å²) in [6.07, 6.45) is 3.06. The summed E-state index contributed by atoms with van der Waals surface area (Å²) in [4.78, 5) is 23.8. The third-order valence-corrected chi connectivity index (χ3v) is 4.89. The minimum atomic E-state index is -0.181. The number of piperidine rings is 1. The highest BCUT2D eigenvalue weighted by atomic mass is 35.5. The van der Waals surface area contributed by atoms with Crippen LogP contribution in [0.15, 0.2) is 18.2 Å². The van der Waals surface area contributed by atoms with Gasteiger partial charge in [-0.15, -0.1) is 12.4 Å². The molecule has 2 aliphatic rings. The Morgan fingerprint density at radius 3 is 2.57 bits per heavy atom. The Morgan fingerprint density at radius 1 is 1.22 bits per heavy atom. The van der Waals surface area contributed by atoms with E-state index in [0.717, 1.165) is 32.4 Å². The van der Waals surface area contributed by atoms with Gasteiger partial charge in [-0.05, 0) is 56.0 Å². The van der Waals surface area contributed by atoms with Gasteiger partial charge in [0.05, 0.1) is 11.4 Å². The molecule has 1 spiro atoms. The monoisotopic (exact) mass is 357 g/mol. The molecule has 2 fully saturated rings. The fraction of sp³-hybridized carbons (Fsp3) is 0.500. The molecule has 23 heavy (non-hydrogen) atoms. The van der Waals surface area contributed by atoms with Crippen LogP contribution in [0.3, 0.4) is 0 Å². The van der Waals surface area contributed by atoms with Crippen molar-refractivity contribution in [1.29, 1.82) is 0 Å². The molecule has 1 aliphatic heterocycles. The van der Waals surface area contributed by atoms with Gasteiger partial charge in [-0.1, -0.05) is 11.6 Å². The number of hydrogen-bond donors (Lipinski definition) is 3. The van der Waals surface area contributed by atoms with Gasteiger partial charge in [-0.3, -0.25) is 9.59 Å². The number of carbonyl (C=O) groups is 2. The number of amides is 2. The van der Waals surface area contributed by atoms with Crippen molar-refractivity contribution in [2.24, 2.45) is 11.3 Å². The van der Waals surface area contributed by atoms with Crippen LogP contribution >= 0.6 is 24.0 Å². The van der Waals surface area contributed by atoms with Crippen LogP contribution in [0, 0.1) is 11.3 Å². The maximum atomic E-state index is 12.5. The highest BCUT2D eigenvalue weighted by Gasteiger charge is 2.57. The Labute approximate surface area is 146 Å². The Balaban J connectivity index is 0.00000192. The van der Waals surface area contributed by atoms with Crippen LogP contribution in [0.2, 0.25) is 5.02 Å². The molecule has 0 aromatic heterocycles. The zero-order valence-corrected chi connectivity index (χ0v) is 14.5. The highest BCUT2D eigenvalue weighted by molar-refractivity contribution is 6.31. The lowest BCUT2D eigenvalue weighted by Crippen LogP contribution is -2.31. The van der Waals surface area contributed by atoms with Gasteiger partial charge in [0, 0.05) is 17.9 Å². The van der Waals surface area contributed by atoms with E-state index in [9.17, 15) is 9.59 Å². The van der Waals surface area contributed by atoms with Crippen LogP contribution in [-0.2, 0) is 9.59 Å². The number of hydrogen-bond acceptors (Lipinski definition) is 3. The van der Waals surface area contributed by atoms with E-state index in [-0.39, 0.29) is 35.6 Å². The normalized spacial score (nSPS) is 21.2. The summed E-state index contributed by atoms with van der Waals surface area (Å²) in [5.41, 5.74) is 1.32. The van der Waals surface area contributed by atoms with Crippen molar-refractivity contribution in [3.8, 4) is 0 Å². The number of carbonyl (C=O) groups excluding carboxylic acids is 2. The van der Waals surface area contributed by atoms with Gasteiger partial charge in [0.25, 0.3) is 0 Å². The maximum Gasteiger partial charge on any atom is 0.228 e. The zero-order valence-electron chi connectivity index (χ0n) is 12.9. The molecular weight excluding hydrogens is 337 g/mol. The van der Waals surface area contributed by atoms with E-state index in [4.69, 9.17) is 11.6 Å². The van der Waals surface area contributed by atoms with E-state index in [2.05, 4.69) is 16.0 Å². The first-order chi connectivity index (χ1) is 10.5. The van der Waals surface area contributed by atoms with Crippen molar-refractivity contribution >= 4 is 47.2 Å². The minimum absolute atomic E-state index is 0. The molecule has 3 rings (SSSR count). The average Bonchev–Trinajstić information content (AvgIpc) is 3.16. The van der Waals surface area contributed by atoms with E-state index in [1.165, 1.54) is 6.92 Å². The molecule has 1 aromatic carbocycles. The molecule has 1 saturated carbocycles. The van der Waals surface area contributed by atoms with Gasteiger partial charge < -0.3 is 16.0 Å². The summed E-state index contributed by atoms with van der Waals surface area (Å²) in [7, 11) is 0. The maximum absolute atomic E-state index is 12.5. The molecule has 7 heteroatoms. The largest absolute Gasteiger partial charge is 0.325 e. The summed E-state index contributed by atoms with van der Waals surface area (Å²) in [6, 6.07) is 5.06. The summed E-state index contributed by atoms with van der Waals surface area (Å²) in [5.74, 6) is -0.0893. The van der Waals surface area contributed by atoms with E-state index in [0.29, 0.717) is 16.4 Å². The first-order valence-electron chi connectivity index (χ1n) is 7.59. The SMILES string of the molecule is CC(=O)Nc1ccc(Cl)cc1NC(=O)C1CC12CCNCC2.Cl. The minimum Gasteiger partial charge on any atom is -0.325 e. The summed E-state index contributed by atoms with van der Waals surface area (Å²) >= 11 is 6.00. The standard InChI is InChI=1S/C16H20ClN3O2.ClH/c1-10(21)19-13-3-2-11(17)8-14(13)20-15(22)12-9-16(12)4-6-18-7-5-16;/h2-3,8,12,18H,4-7,9H2,1H3,(H,19,21)(H,20,22);1H. The Kier molecular flexibility index (Phi) is 5.55. The average molecular weight is 358 g/mol. The molecule has 1 unspecified atom stereocenters. The number of benzene rings is 1. The smallest absolute Gasteiger partial charge is 0.228 e. The molecule has 1 aromatic rings. The number of nitrogens with one attached hydrogen (secondary N) is 3. The molecule has 1 atom stereocenters. The van der Waals surface area contributed by atoms with Crippen molar-refractivity contribution < 1.29 is 9.59 Å². The summed E-state index contributed by atoms with van der Waals surface area (Å²) in [5, 5.41) is 9.50. The molecule has 1 aliphatic carbocycles. The highest BCUT2D eigenvalue weighted by Crippen LogP contribution is 2.58. The molecule has 0 radical (unpaired) electrons. The number of halogens is 2. The molecule has 3 N–H and O–H groups in total. The first-order valence-corrected chi connectivity index (χ1v) is 7.97. The van der Waals surface area contributed by atoms with Crippen molar-refractivity contribution in [2.75, 3.05) is 23.7 Å².